The van der Waals surface area contributed by atoms with Crippen LogP contribution in [0.4, 0.5) is 0 Å². The molecule has 6 aromatic carbocycles. The molecule has 0 atom stereocenters. The fraction of sp³-hybridized carbons (Fsp3) is 0.231. The Morgan fingerprint density at radius 1 is 0.365 bits per heavy atom. The van der Waals surface area contributed by atoms with Crippen LogP contribution in [0.1, 0.15) is 76.0 Å². The van der Waals surface area contributed by atoms with Crippen molar-refractivity contribution in [1.82, 2.24) is 0 Å². The van der Waals surface area contributed by atoms with Crippen molar-refractivity contribution in [2.75, 3.05) is 0 Å². The van der Waals surface area contributed by atoms with Gasteiger partial charge < -0.3 is 13.7 Å². The molecule has 0 spiro atoms. The van der Waals surface area contributed by atoms with E-state index >= 15 is 0 Å². The molecule has 0 radical (unpaired) electrons. The van der Waals surface area contributed by atoms with E-state index in [4.69, 9.17) is 0 Å². The molecule has 0 amide bonds. The van der Waals surface area contributed by atoms with Gasteiger partial charge in [0.15, 0.2) is 0 Å². The van der Waals surface area contributed by atoms with Gasteiger partial charge in [-0.2, -0.15) is 0 Å². The van der Waals surface area contributed by atoms with Crippen molar-refractivity contribution in [3.05, 3.63) is 126 Å². The van der Waals surface area contributed by atoms with Crippen molar-refractivity contribution in [3.63, 3.8) is 0 Å². The summed E-state index contributed by atoms with van der Waals surface area (Å²) in [7, 11) is -13.4. The first-order valence-electron chi connectivity index (χ1n) is 16.2. The fourth-order valence-corrected chi connectivity index (χ4v) is 9.12. The summed E-state index contributed by atoms with van der Waals surface area (Å²) in [6.45, 7) is 11.2. The Labute approximate surface area is 317 Å². The van der Waals surface area contributed by atoms with Gasteiger partial charge in [-0.15, -0.1) is 0 Å². The molecule has 0 N–H and O–H groups in total. The van der Waals surface area contributed by atoms with Gasteiger partial charge in [-0.1, -0.05) is 151 Å². The van der Waals surface area contributed by atoms with E-state index in [0.29, 0.717) is 32.8 Å². The molecule has 9 nitrogen and oxygen atoms in total. The number of fused-ring (bicyclic) bond motifs is 3. The van der Waals surface area contributed by atoms with Gasteiger partial charge in [0.05, 0.1) is 14.7 Å². The van der Waals surface area contributed by atoms with Crippen LogP contribution in [0, 0.1) is 0 Å². The van der Waals surface area contributed by atoms with Crippen LogP contribution in [-0.2, 0) is 30.4 Å². The zero-order chi connectivity index (χ0) is 37.9. The van der Waals surface area contributed by atoms with Crippen LogP contribution in [0.5, 0.6) is 0 Å². The van der Waals surface area contributed by atoms with E-state index in [9.17, 15) is 38.9 Å². The molecule has 0 aliphatic carbocycles. The van der Waals surface area contributed by atoms with Gasteiger partial charge in [-0.25, -0.2) is 25.3 Å². The number of hydrogen-bond acceptors (Lipinski definition) is 9. The second-order valence-electron chi connectivity index (χ2n) is 12.9. The van der Waals surface area contributed by atoms with Gasteiger partial charge in [0.25, 0.3) is 0 Å². The van der Waals surface area contributed by atoms with E-state index < -0.39 is 30.4 Å². The van der Waals surface area contributed by atoms with E-state index in [2.05, 4.69) is 0 Å². The van der Waals surface area contributed by atoms with Crippen LogP contribution in [0.3, 0.4) is 0 Å². The van der Waals surface area contributed by atoms with Crippen LogP contribution >= 0.6 is 0 Å². The maximum Gasteiger partial charge on any atom is 3.00 e. The molecule has 0 saturated carbocycles. The third kappa shape index (κ3) is 9.86. The number of benzene rings is 6. The van der Waals surface area contributed by atoms with Gasteiger partial charge in [0.1, 0.15) is 30.4 Å². The van der Waals surface area contributed by atoms with Crippen molar-refractivity contribution in [1.29, 1.82) is 0 Å². The van der Waals surface area contributed by atoms with Crippen molar-refractivity contribution in [2.24, 2.45) is 0 Å². The fourth-order valence-electron chi connectivity index (χ4n) is 5.98. The van der Waals surface area contributed by atoms with E-state index in [1.165, 1.54) is 0 Å². The minimum absolute atomic E-state index is 0. The van der Waals surface area contributed by atoms with E-state index in [-0.39, 0.29) is 49.8 Å². The van der Waals surface area contributed by atoms with Crippen LogP contribution in [-0.4, -0.2) is 56.3 Å². The molecule has 0 fully saturated rings. The summed E-state index contributed by atoms with van der Waals surface area (Å²) in [5.74, 6) is -0.00464. The molecule has 52 heavy (non-hydrogen) atoms. The molecular formula is C39H39AlO9S3. The predicted octanol–water partition coefficient (Wildman–Crippen LogP) is 8.22. The van der Waals surface area contributed by atoms with Crippen LogP contribution < -0.4 is 0 Å². The molecule has 13 heteroatoms. The second-order valence-corrected chi connectivity index (χ2v) is 16.9. The molecule has 6 aromatic rings. The summed E-state index contributed by atoms with van der Waals surface area (Å²) in [5, 5.41) is 3.83. The quantitative estimate of drug-likeness (QED) is 0.119. The SMILES string of the molecule is CC(C)c1ccc2ccccc2c1S(=O)(=O)[O-].CC(C)c1ccc2ccccc2c1S(=O)(=O)[O-].CC(C)c1ccc2ccccc2c1S(=O)(=O)[O-].[Al+3]. The molecule has 0 heterocycles. The Bertz CT molecular complexity index is 2260. The van der Waals surface area contributed by atoms with Crippen molar-refractivity contribution < 1.29 is 38.9 Å². The van der Waals surface area contributed by atoms with Crippen LogP contribution in [0.15, 0.2) is 124 Å². The molecule has 6 rings (SSSR count). The standard InChI is InChI=1S/3C13H14O3S.Al/c3*1-9(2)11-8-7-10-5-3-4-6-12(10)13(11)17(14,15)16;/h3*3-9H,1-2H3,(H,14,15,16);/q;;;+3/p-3. The monoisotopic (exact) mass is 774 g/mol. The normalized spacial score (nSPS) is 12.0. The van der Waals surface area contributed by atoms with E-state index in [1.807, 2.05) is 77.9 Å². The summed E-state index contributed by atoms with van der Waals surface area (Å²) >= 11 is 0. The van der Waals surface area contributed by atoms with Gasteiger partial charge in [0, 0.05) is 0 Å². The molecule has 0 unspecified atom stereocenters. The zero-order valence-corrected chi connectivity index (χ0v) is 33.2. The number of hydrogen-bond donors (Lipinski definition) is 0. The average Bonchev–Trinajstić information content (AvgIpc) is 3.05. The molecular weight excluding hydrogens is 736 g/mol. The van der Waals surface area contributed by atoms with Gasteiger partial charge in [-0.05, 0) is 66.8 Å². The van der Waals surface area contributed by atoms with Gasteiger partial charge >= 0.3 is 17.4 Å². The molecule has 0 aromatic heterocycles. The van der Waals surface area contributed by atoms with Crippen molar-refractivity contribution >= 4 is 80.0 Å². The Hall–Kier alpha value is -3.64. The van der Waals surface area contributed by atoms with Crippen molar-refractivity contribution in [2.45, 2.75) is 74.0 Å². The first-order chi connectivity index (χ1) is 23.7. The molecule has 0 aliphatic rings. The zero-order valence-electron chi connectivity index (χ0n) is 29.6. The summed E-state index contributed by atoms with van der Waals surface area (Å²) in [6.07, 6.45) is 0. The Morgan fingerprint density at radius 3 is 0.769 bits per heavy atom. The van der Waals surface area contributed by atoms with E-state index in [0.717, 1.165) is 16.2 Å². The summed E-state index contributed by atoms with van der Waals surface area (Å²) < 4.78 is 103. The smallest absolute Gasteiger partial charge is 0.744 e. The molecule has 0 bridgehead atoms. The van der Waals surface area contributed by atoms with Crippen LogP contribution in [0.2, 0.25) is 0 Å². The molecule has 0 aliphatic heterocycles. The minimum atomic E-state index is -4.46. The second kappa shape index (κ2) is 17.0. The summed E-state index contributed by atoms with van der Waals surface area (Å²) in [4.78, 5) is -0.234. The largest absolute Gasteiger partial charge is 3.00 e. The summed E-state index contributed by atoms with van der Waals surface area (Å²) in [5.41, 5.74) is 1.75. The topological polar surface area (TPSA) is 172 Å². The minimum Gasteiger partial charge on any atom is -0.744 e. The maximum atomic E-state index is 11.4. The Kier molecular flexibility index (Phi) is 14.0. The Balaban J connectivity index is 0.000000208. The Morgan fingerprint density at radius 2 is 0.577 bits per heavy atom. The first-order valence-corrected chi connectivity index (χ1v) is 20.4. The maximum absolute atomic E-state index is 11.4. The van der Waals surface area contributed by atoms with Gasteiger partial charge in [0.2, 0.25) is 0 Å². The number of rotatable bonds is 6. The molecule has 270 valence electrons. The average molecular weight is 775 g/mol. The van der Waals surface area contributed by atoms with E-state index in [1.54, 1.807) is 72.8 Å². The summed E-state index contributed by atoms with van der Waals surface area (Å²) in [6, 6.07) is 31.8. The first kappa shape index (κ1) is 42.8. The van der Waals surface area contributed by atoms with Crippen LogP contribution in [0.25, 0.3) is 32.3 Å². The third-order valence-corrected chi connectivity index (χ3v) is 11.2. The predicted molar refractivity (Wildman–Crippen MR) is 204 cm³/mol. The van der Waals surface area contributed by atoms with Crippen molar-refractivity contribution in [3.8, 4) is 0 Å². The molecule has 0 saturated heterocycles. The third-order valence-electron chi connectivity index (χ3n) is 8.35. The van der Waals surface area contributed by atoms with Gasteiger partial charge in [-0.3, -0.25) is 0 Å².